The molecular formula is C23H26N2O5. The topological polar surface area (TPSA) is 90.3 Å². The molecule has 0 saturated heterocycles. The molecule has 7 heteroatoms. The minimum absolute atomic E-state index is 0.128. The molecular weight excluding hydrogens is 384 g/mol. The van der Waals surface area contributed by atoms with Crippen molar-refractivity contribution in [2.24, 2.45) is 0 Å². The summed E-state index contributed by atoms with van der Waals surface area (Å²) in [4.78, 5) is 28.4. The van der Waals surface area contributed by atoms with Gasteiger partial charge in [-0.15, -0.1) is 0 Å². The number of fused-ring (bicyclic) bond motifs is 2. The van der Waals surface area contributed by atoms with Gasteiger partial charge >= 0.3 is 5.97 Å². The maximum absolute atomic E-state index is 12.9. The van der Waals surface area contributed by atoms with Crippen molar-refractivity contribution >= 4 is 17.6 Å². The van der Waals surface area contributed by atoms with Gasteiger partial charge in [-0.2, -0.15) is 0 Å². The summed E-state index contributed by atoms with van der Waals surface area (Å²) in [5.74, 6) is -0.304. The first-order valence-corrected chi connectivity index (χ1v) is 10.2. The third kappa shape index (κ3) is 3.39. The summed E-state index contributed by atoms with van der Waals surface area (Å²) in [7, 11) is 1.70. The third-order valence-electron chi connectivity index (χ3n) is 6.25. The molecule has 7 nitrogen and oxygen atoms in total. The minimum atomic E-state index is -0.827. The van der Waals surface area contributed by atoms with Crippen LogP contribution >= 0.6 is 0 Å². The van der Waals surface area contributed by atoms with E-state index in [1.165, 1.54) is 12.1 Å². The van der Waals surface area contributed by atoms with Crippen molar-refractivity contribution in [3.8, 4) is 11.5 Å². The normalized spacial score (nSPS) is 22.1. The van der Waals surface area contributed by atoms with Crippen LogP contribution in [0.2, 0.25) is 0 Å². The molecule has 0 aromatic heterocycles. The second-order valence-electron chi connectivity index (χ2n) is 8.06. The third-order valence-corrected chi connectivity index (χ3v) is 6.25. The molecule has 2 heterocycles. The van der Waals surface area contributed by atoms with E-state index >= 15 is 0 Å². The molecule has 2 aromatic rings. The van der Waals surface area contributed by atoms with Crippen LogP contribution in [-0.4, -0.2) is 46.1 Å². The number of anilines is 1. The highest BCUT2D eigenvalue weighted by Crippen LogP contribution is 2.42. The molecule has 0 spiro atoms. The highest BCUT2D eigenvalue weighted by molar-refractivity contribution is 6.00. The lowest BCUT2D eigenvalue weighted by molar-refractivity contribution is -0.145. The number of carbonyl (C=O) groups excluding carboxylic acids is 1. The van der Waals surface area contributed by atoms with Crippen LogP contribution in [0, 0.1) is 0 Å². The molecule has 0 unspecified atom stereocenters. The van der Waals surface area contributed by atoms with E-state index in [-0.39, 0.29) is 17.7 Å². The van der Waals surface area contributed by atoms with Crippen LogP contribution in [0.4, 0.5) is 5.69 Å². The molecule has 1 amide bonds. The fourth-order valence-corrected chi connectivity index (χ4v) is 4.24. The van der Waals surface area contributed by atoms with Crippen LogP contribution in [0.3, 0.4) is 0 Å². The van der Waals surface area contributed by atoms with E-state index in [0.29, 0.717) is 30.0 Å². The van der Waals surface area contributed by atoms with Crippen molar-refractivity contribution < 1.29 is 24.5 Å². The number of hydrogen-bond donors (Lipinski definition) is 2. The number of carbonyl (C=O) groups is 2. The minimum Gasteiger partial charge on any atom is -0.508 e. The highest BCUT2D eigenvalue weighted by Gasteiger charge is 2.38. The summed E-state index contributed by atoms with van der Waals surface area (Å²) >= 11 is 0. The molecule has 30 heavy (non-hydrogen) atoms. The van der Waals surface area contributed by atoms with E-state index in [9.17, 15) is 19.8 Å². The summed E-state index contributed by atoms with van der Waals surface area (Å²) in [5, 5.41) is 19.3. The summed E-state index contributed by atoms with van der Waals surface area (Å²) in [6, 6.07) is 9.81. The van der Waals surface area contributed by atoms with Crippen LogP contribution in [-0.2, 0) is 22.6 Å². The number of carboxylic acid groups (broad SMARTS) is 1. The molecule has 0 aliphatic carbocycles. The van der Waals surface area contributed by atoms with Crippen molar-refractivity contribution in [2.45, 2.75) is 51.4 Å². The monoisotopic (exact) mass is 410 g/mol. The van der Waals surface area contributed by atoms with E-state index in [4.69, 9.17) is 4.74 Å². The molecule has 0 bridgehead atoms. The quantitative estimate of drug-likeness (QED) is 0.805. The zero-order valence-electron chi connectivity index (χ0n) is 17.3. The number of amides is 1. The van der Waals surface area contributed by atoms with Crippen molar-refractivity contribution in [3.05, 3.63) is 53.1 Å². The Kier molecular flexibility index (Phi) is 5.15. The molecule has 2 aliphatic heterocycles. The predicted octanol–water partition coefficient (Wildman–Crippen LogP) is 3.10. The van der Waals surface area contributed by atoms with E-state index in [0.717, 1.165) is 17.5 Å². The predicted molar refractivity (Wildman–Crippen MR) is 112 cm³/mol. The number of likely N-dealkylation sites (N-methyl/N-ethyl adjacent to an activating group) is 1. The number of rotatable bonds is 4. The first-order chi connectivity index (χ1) is 14.3. The van der Waals surface area contributed by atoms with Crippen LogP contribution in [0.15, 0.2) is 36.4 Å². The Balaban J connectivity index is 1.71. The fraction of sp³-hybridized carbons (Fsp3) is 0.391. The average molecular weight is 410 g/mol. The lowest BCUT2D eigenvalue weighted by Crippen LogP contribution is -2.49. The number of hydrogen-bond acceptors (Lipinski definition) is 5. The maximum atomic E-state index is 12.9. The van der Waals surface area contributed by atoms with Gasteiger partial charge in [-0.05, 0) is 55.2 Å². The number of nitrogens with zero attached hydrogens (tertiary/aromatic N) is 2. The Hall–Kier alpha value is -3.06. The fourth-order valence-electron chi connectivity index (χ4n) is 4.24. The SMILES string of the molecule is CC[C@H](C)N1Cc2cc3c(cc2C[C@H]1C(=O)O)N(C)C(=O)[C@@H](c1ccc(O)cc1)O3. The number of carboxylic acids is 1. The van der Waals surface area contributed by atoms with Gasteiger partial charge in [-0.3, -0.25) is 14.5 Å². The zero-order valence-corrected chi connectivity index (χ0v) is 17.3. The average Bonchev–Trinajstić information content (AvgIpc) is 2.74. The highest BCUT2D eigenvalue weighted by atomic mass is 16.5. The van der Waals surface area contributed by atoms with Gasteiger partial charge in [0.05, 0.1) is 5.69 Å². The standard InChI is InChI=1S/C23H26N2O5/c1-4-13(2)25-12-16-11-20-18(9-15(16)10-19(25)23(28)29)24(3)22(27)21(30-20)14-5-7-17(26)8-6-14/h5-9,11,13,19,21,26H,4,10,12H2,1-3H3,(H,28,29)/t13-,19-,21+/m0/s1. The molecule has 158 valence electrons. The van der Waals surface area contributed by atoms with Crippen molar-refractivity contribution in [3.63, 3.8) is 0 Å². The van der Waals surface area contributed by atoms with Gasteiger partial charge in [0.2, 0.25) is 6.10 Å². The lowest BCUT2D eigenvalue weighted by atomic mass is 9.90. The molecule has 0 fully saturated rings. The summed E-state index contributed by atoms with van der Waals surface area (Å²) in [6.07, 6.45) is 0.467. The molecule has 4 rings (SSSR count). The second-order valence-corrected chi connectivity index (χ2v) is 8.06. The number of aliphatic carboxylic acids is 1. The van der Waals surface area contributed by atoms with Gasteiger partial charge in [0.1, 0.15) is 17.5 Å². The van der Waals surface area contributed by atoms with Crippen molar-refractivity contribution in [2.75, 3.05) is 11.9 Å². The van der Waals surface area contributed by atoms with Crippen molar-refractivity contribution in [1.29, 1.82) is 0 Å². The lowest BCUT2D eigenvalue weighted by Gasteiger charge is -2.40. The Morgan fingerprint density at radius 3 is 2.57 bits per heavy atom. The molecule has 3 atom stereocenters. The van der Waals surface area contributed by atoms with Crippen molar-refractivity contribution in [1.82, 2.24) is 4.90 Å². The van der Waals surface area contributed by atoms with Gasteiger partial charge in [-0.25, -0.2) is 0 Å². The van der Waals surface area contributed by atoms with Gasteiger partial charge in [0, 0.05) is 25.2 Å². The van der Waals surface area contributed by atoms with Gasteiger partial charge in [-0.1, -0.05) is 19.1 Å². The Morgan fingerprint density at radius 1 is 1.23 bits per heavy atom. The Morgan fingerprint density at radius 2 is 1.93 bits per heavy atom. The van der Waals surface area contributed by atoms with Gasteiger partial charge < -0.3 is 19.8 Å². The van der Waals surface area contributed by atoms with E-state index in [1.54, 1.807) is 24.1 Å². The first-order valence-electron chi connectivity index (χ1n) is 10.2. The summed E-state index contributed by atoms with van der Waals surface area (Å²) in [6.45, 7) is 4.63. The van der Waals surface area contributed by atoms with E-state index in [2.05, 4.69) is 6.92 Å². The molecule has 2 aliphatic rings. The summed E-state index contributed by atoms with van der Waals surface area (Å²) in [5.41, 5.74) is 3.28. The van der Waals surface area contributed by atoms with Gasteiger partial charge in [0.25, 0.3) is 5.91 Å². The zero-order chi connectivity index (χ0) is 21.6. The number of phenolic OH excluding ortho intramolecular Hbond substituents is 1. The first kappa shape index (κ1) is 20.2. The Labute approximate surface area is 175 Å². The van der Waals surface area contributed by atoms with Gasteiger partial charge in [0.15, 0.2) is 0 Å². The van der Waals surface area contributed by atoms with Crippen LogP contribution < -0.4 is 9.64 Å². The number of phenols is 1. The largest absolute Gasteiger partial charge is 0.508 e. The Bertz CT molecular complexity index is 988. The number of benzene rings is 2. The molecule has 2 aromatic carbocycles. The van der Waals surface area contributed by atoms with Crippen LogP contribution in [0.1, 0.15) is 43.1 Å². The molecule has 2 N–H and O–H groups in total. The number of aromatic hydroxyl groups is 1. The van der Waals surface area contributed by atoms with Crippen LogP contribution in [0.5, 0.6) is 11.5 Å². The number of ether oxygens (including phenoxy) is 1. The van der Waals surface area contributed by atoms with Crippen LogP contribution in [0.25, 0.3) is 0 Å². The van der Waals surface area contributed by atoms with E-state index < -0.39 is 18.1 Å². The van der Waals surface area contributed by atoms with E-state index in [1.807, 2.05) is 24.0 Å². The maximum Gasteiger partial charge on any atom is 0.321 e. The molecule has 0 saturated carbocycles. The smallest absolute Gasteiger partial charge is 0.321 e. The second kappa shape index (κ2) is 7.65. The summed E-state index contributed by atoms with van der Waals surface area (Å²) < 4.78 is 6.10. The molecule has 0 radical (unpaired) electrons.